The van der Waals surface area contributed by atoms with Gasteiger partial charge in [0.2, 0.25) is 10.0 Å². The summed E-state index contributed by atoms with van der Waals surface area (Å²) < 4.78 is 23.1. The van der Waals surface area contributed by atoms with Gasteiger partial charge in [0.1, 0.15) is 0 Å². The number of aryl methyl sites for hydroxylation is 1. The maximum absolute atomic E-state index is 12.4. The van der Waals surface area contributed by atoms with E-state index in [9.17, 15) is 13.2 Å². The fourth-order valence-electron chi connectivity index (χ4n) is 1.90. The van der Waals surface area contributed by atoms with Crippen LogP contribution >= 0.6 is 0 Å². The molecule has 0 heterocycles. The monoisotopic (exact) mass is 284 g/mol. The lowest BCUT2D eigenvalue weighted by Crippen LogP contribution is -2.33. The Hall–Kier alpha value is -1.40. The maximum atomic E-state index is 12.4. The number of primary sulfonamides is 1. The van der Waals surface area contributed by atoms with E-state index in [0.29, 0.717) is 13.1 Å². The van der Waals surface area contributed by atoms with Crippen molar-refractivity contribution in [3.63, 3.8) is 0 Å². The normalized spacial score (nSPS) is 11.4. The molecule has 19 heavy (non-hydrogen) atoms. The second-order valence-corrected chi connectivity index (χ2v) is 5.96. The van der Waals surface area contributed by atoms with Gasteiger partial charge < -0.3 is 4.90 Å². The van der Waals surface area contributed by atoms with Crippen LogP contribution in [0.4, 0.5) is 0 Å². The van der Waals surface area contributed by atoms with Crippen molar-refractivity contribution in [3.05, 3.63) is 29.3 Å². The largest absolute Gasteiger partial charge is 0.339 e. The van der Waals surface area contributed by atoms with Gasteiger partial charge in [-0.1, -0.05) is 18.6 Å². The molecular weight excluding hydrogens is 264 g/mol. The van der Waals surface area contributed by atoms with E-state index in [-0.39, 0.29) is 16.4 Å². The summed E-state index contributed by atoms with van der Waals surface area (Å²) >= 11 is 0. The number of amides is 1. The van der Waals surface area contributed by atoms with Gasteiger partial charge in [-0.15, -0.1) is 0 Å². The fraction of sp³-hybridized carbons (Fsp3) is 0.462. The summed E-state index contributed by atoms with van der Waals surface area (Å²) in [5, 5.41) is 5.16. The Morgan fingerprint density at radius 3 is 2.42 bits per heavy atom. The van der Waals surface area contributed by atoms with Gasteiger partial charge in [0.25, 0.3) is 5.91 Å². The van der Waals surface area contributed by atoms with E-state index < -0.39 is 10.0 Å². The molecule has 0 bridgehead atoms. The van der Waals surface area contributed by atoms with E-state index in [1.807, 2.05) is 13.8 Å². The van der Waals surface area contributed by atoms with Gasteiger partial charge in [-0.05, 0) is 32.4 Å². The Balaban J connectivity index is 3.32. The third kappa shape index (κ3) is 3.78. The van der Waals surface area contributed by atoms with Crippen LogP contribution in [0.1, 0.15) is 36.2 Å². The molecule has 106 valence electrons. The van der Waals surface area contributed by atoms with Crippen molar-refractivity contribution in [2.24, 2.45) is 5.14 Å². The van der Waals surface area contributed by atoms with Crippen molar-refractivity contribution < 1.29 is 13.2 Å². The Bertz CT molecular complexity index is 567. The molecule has 0 aliphatic carbocycles. The number of carbonyl (C=O) groups excluding carboxylic acids is 1. The maximum Gasteiger partial charge on any atom is 0.255 e. The van der Waals surface area contributed by atoms with Crippen LogP contribution in [0, 0.1) is 6.92 Å². The molecule has 2 N–H and O–H groups in total. The lowest BCUT2D eigenvalue weighted by molar-refractivity contribution is 0.0760. The molecule has 0 aliphatic heterocycles. The van der Waals surface area contributed by atoms with Crippen LogP contribution < -0.4 is 5.14 Å². The summed E-state index contributed by atoms with van der Waals surface area (Å²) in [5.41, 5.74) is 0.973. The van der Waals surface area contributed by atoms with Crippen molar-refractivity contribution in [1.82, 2.24) is 4.90 Å². The number of rotatable bonds is 5. The predicted molar refractivity (Wildman–Crippen MR) is 74.4 cm³/mol. The number of benzene rings is 1. The highest BCUT2D eigenvalue weighted by molar-refractivity contribution is 7.89. The minimum atomic E-state index is -3.90. The van der Waals surface area contributed by atoms with Gasteiger partial charge in [0, 0.05) is 13.1 Å². The van der Waals surface area contributed by atoms with Gasteiger partial charge in [-0.2, -0.15) is 0 Å². The van der Waals surface area contributed by atoms with Crippen LogP contribution in [-0.4, -0.2) is 32.3 Å². The zero-order valence-corrected chi connectivity index (χ0v) is 12.3. The molecule has 0 unspecified atom stereocenters. The van der Waals surface area contributed by atoms with Gasteiger partial charge >= 0.3 is 0 Å². The average Bonchev–Trinajstić information content (AvgIpc) is 2.33. The Labute approximate surface area is 114 Å². The van der Waals surface area contributed by atoms with E-state index in [1.165, 1.54) is 6.07 Å². The predicted octanol–water partition coefficient (Wildman–Crippen LogP) is 1.51. The molecule has 0 aromatic heterocycles. The van der Waals surface area contributed by atoms with E-state index in [1.54, 1.807) is 24.0 Å². The molecule has 0 atom stereocenters. The topological polar surface area (TPSA) is 80.5 Å². The van der Waals surface area contributed by atoms with Crippen molar-refractivity contribution in [1.29, 1.82) is 0 Å². The first-order valence-corrected chi connectivity index (χ1v) is 7.78. The number of hydrogen-bond donors (Lipinski definition) is 1. The van der Waals surface area contributed by atoms with Crippen molar-refractivity contribution in [2.75, 3.05) is 13.1 Å². The molecule has 6 heteroatoms. The van der Waals surface area contributed by atoms with Crippen molar-refractivity contribution in [2.45, 2.75) is 32.1 Å². The lowest BCUT2D eigenvalue weighted by Gasteiger charge is -2.21. The fourth-order valence-corrected chi connectivity index (χ4v) is 2.61. The molecule has 0 aliphatic rings. The highest BCUT2D eigenvalue weighted by Gasteiger charge is 2.22. The van der Waals surface area contributed by atoms with Crippen LogP contribution in [0.3, 0.4) is 0 Å². The summed E-state index contributed by atoms with van der Waals surface area (Å²) in [6, 6.07) is 4.59. The number of nitrogens with two attached hydrogens (primary N) is 1. The molecule has 5 nitrogen and oxygen atoms in total. The quantitative estimate of drug-likeness (QED) is 0.890. The molecule has 0 spiro atoms. The van der Waals surface area contributed by atoms with Crippen molar-refractivity contribution >= 4 is 15.9 Å². The molecule has 0 fully saturated rings. The molecular formula is C13H20N2O3S. The third-order valence-corrected chi connectivity index (χ3v) is 3.80. The van der Waals surface area contributed by atoms with Crippen LogP contribution in [0.25, 0.3) is 0 Å². The first-order valence-electron chi connectivity index (χ1n) is 6.24. The molecule has 0 saturated carbocycles. The molecule has 1 rings (SSSR count). The third-order valence-electron chi connectivity index (χ3n) is 2.83. The Morgan fingerprint density at radius 2 is 1.95 bits per heavy atom. The molecule has 0 saturated heterocycles. The van der Waals surface area contributed by atoms with E-state index in [4.69, 9.17) is 5.14 Å². The summed E-state index contributed by atoms with van der Waals surface area (Å²) in [7, 11) is -3.90. The lowest BCUT2D eigenvalue weighted by atomic mass is 10.1. The first kappa shape index (κ1) is 15.7. The van der Waals surface area contributed by atoms with Gasteiger partial charge in [-0.25, -0.2) is 13.6 Å². The SMILES string of the molecule is CCCN(CC)C(=O)c1cc(C)ccc1S(N)(=O)=O. The van der Waals surface area contributed by atoms with Gasteiger partial charge in [0.15, 0.2) is 0 Å². The zero-order chi connectivity index (χ0) is 14.6. The Kier molecular flexibility index (Phi) is 5.08. The average molecular weight is 284 g/mol. The minimum absolute atomic E-state index is 0.113. The Morgan fingerprint density at radius 1 is 1.32 bits per heavy atom. The summed E-state index contributed by atoms with van der Waals surface area (Å²) in [6.45, 7) is 6.75. The smallest absolute Gasteiger partial charge is 0.255 e. The second-order valence-electron chi connectivity index (χ2n) is 4.43. The zero-order valence-electron chi connectivity index (χ0n) is 11.5. The number of nitrogens with zero attached hydrogens (tertiary/aromatic N) is 1. The minimum Gasteiger partial charge on any atom is -0.339 e. The van der Waals surface area contributed by atoms with E-state index >= 15 is 0 Å². The van der Waals surface area contributed by atoms with Crippen LogP contribution in [0.2, 0.25) is 0 Å². The summed E-state index contributed by atoms with van der Waals surface area (Å²) in [6.07, 6.45) is 0.816. The van der Waals surface area contributed by atoms with Gasteiger partial charge in [-0.3, -0.25) is 4.79 Å². The van der Waals surface area contributed by atoms with Crippen LogP contribution in [0.5, 0.6) is 0 Å². The number of carbonyl (C=O) groups is 1. The van der Waals surface area contributed by atoms with E-state index in [2.05, 4.69) is 0 Å². The number of sulfonamides is 1. The second kappa shape index (κ2) is 6.16. The molecule has 1 aromatic rings. The highest BCUT2D eigenvalue weighted by Crippen LogP contribution is 2.18. The molecule has 1 amide bonds. The highest BCUT2D eigenvalue weighted by atomic mass is 32.2. The van der Waals surface area contributed by atoms with E-state index in [0.717, 1.165) is 12.0 Å². The van der Waals surface area contributed by atoms with Gasteiger partial charge in [0.05, 0.1) is 10.5 Å². The summed E-state index contributed by atoms with van der Waals surface area (Å²) in [5.74, 6) is -0.294. The molecule has 0 radical (unpaired) electrons. The first-order chi connectivity index (χ1) is 8.81. The van der Waals surface area contributed by atoms with Crippen LogP contribution in [0.15, 0.2) is 23.1 Å². The summed E-state index contributed by atoms with van der Waals surface area (Å²) in [4.78, 5) is 13.9. The number of hydrogen-bond acceptors (Lipinski definition) is 3. The van der Waals surface area contributed by atoms with Crippen molar-refractivity contribution in [3.8, 4) is 0 Å². The standard InChI is InChI=1S/C13H20N2O3S/c1-4-8-15(5-2)13(16)11-9-10(3)6-7-12(11)19(14,17)18/h6-7,9H,4-5,8H2,1-3H3,(H2,14,17,18). The molecule has 1 aromatic carbocycles. The van der Waals surface area contributed by atoms with Crippen LogP contribution in [-0.2, 0) is 10.0 Å².